The third-order valence-electron chi connectivity index (χ3n) is 0.302. The van der Waals surface area contributed by atoms with Gasteiger partial charge in [0.25, 0.3) is 0 Å². The first-order valence-electron chi connectivity index (χ1n) is 2.13. The van der Waals surface area contributed by atoms with E-state index in [4.69, 9.17) is 5.11 Å². The molecule has 0 aromatic rings. The van der Waals surface area contributed by atoms with E-state index >= 15 is 0 Å². The number of hydrogen-bond donors (Lipinski definition) is 1. The summed E-state index contributed by atoms with van der Waals surface area (Å²) in [5, 5.41) is 7.72. The molecule has 0 fully saturated rings. The monoisotopic (exact) mass is 228 g/mol. The van der Waals surface area contributed by atoms with Crippen molar-refractivity contribution in [3.63, 3.8) is 0 Å². The van der Waals surface area contributed by atoms with Crippen molar-refractivity contribution in [2.24, 2.45) is 0 Å². The van der Waals surface area contributed by atoms with Gasteiger partial charge in [0.05, 0.1) is 0 Å². The molecule has 0 saturated carbocycles. The predicted molar refractivity (Wildman–Crippen MR) is 31.0 cm³/mol. The van der Waals surface area contributed by atoms with Crippen LogP contribution < -0.4 is 0 Å². The van der Waals surface area contributed by atoms with Crippen molar-refractivity contribution in [2.45, 2.75) is 13.3 Å². The summed E-state index contributed by atoms with van der Waals surface area (Å²) in [5.41, 5.74) is 0. The van der Waals surface area contributed by atoms with Gasteiger partial charge in [-0.1, -0.05) is 6.92 Å². The molecule has 0 amide bonds. The second-order valence-corrected chi connectivity index (χ2v) is 6.31. The third kappa shape index (κ3) is 88.6. The first kappa shape index (κ1) is 12.8. The number of hydrogen-bond acceptors (Lipinski definition) is 3. The molecule has 0 aliphatic rings. The van der Waals surface area contributed by atoms with Gasteiger partial charge in [-0.25, -0.2) is 0 Å². The Morgan fingerprint density at radius 2 is 1.60 bits per heavy atom. The van der Waals surface area contributed by atoms with Crippen LogP contribution in [0, 0.1) is 0 Å². The Balaban J connectivity index is 0. The number of carboxylic acid groups (broad SMARTS) is 1. The van der Waals surface area contributed by atoms with Crippen molar-refractivity contribution in [1.29, 1.82) is 0 Å². The van der Waals surface area contributed by atoms with Gasteiger partial charge in [0.2, 0.25) is 0 Å². The molecule has 0 aromatic carbocycles. The SMILES string of the molecule is CCC(=O)O.[O]=[Cr](=[O])([Cl])[Cl]. The number of carbonyl (C=O) groups is 1. The zero-order valence-electron chi connectivity index (χ0n) is 5.04. The molecule has 0 saturated heterocycles. The van der Waals surface area contributed by atoms with E-state index < -0.39 is 17.1 Å². The Kier molecular flexibility index (Phi) is 7.60. The van der Waals surface area contributed by atoms with E-state index in [1.807, 2.05) is 0 Å². The fraction of sp³-hybridized carbons (Fsp3) is 0.667. The summed E-state index contributed by atoms with van der Waals surface area (Å²) < 4.78 is 18.5. The molecule has 10 heavy (non-hydrogen) atoms. The fourth-order valence-corrected chi connectivity index (χ4v) is 0. The molecule has 0 spiro atoms. The molecule has 62 valence electrons. The molecule has 7 heteroatoms. The van der Waals surface area contributed by atoms with Crippen LogP contribution in [0.3, 0.4) is 0 Å². The Hall–Kier alpha value is 0.182. The van der Waals surface area contributed by atoms with Crippen LogP contribution >= 0.6 is 20.1 Å². The van der Waals surface area contributed by atoms with Gasteiger partial charge in [0.15, 0.2) is 0 Å². The minimum absolute atomic E-state index is 0.222. The fourth-order valence-electron chi connectivity index (χ4n) is 0. The summed E-state index contributed by atoms with van der Waals surface area (Å²) in [6, 6.07) is 0. The molecular weight excluding hydrogens is 223 g/mol. The van der Waals surface area contributed by atoms with Crippen LogP contribution in [0.4, 0.5) is 0 Å². The molecule has 0 aliphatic heterocycles. The van der Waals surface area contributed by atoms with Crippen molar-refractivity contribution < 1.29 is 28.6 Å². The van der Waals surface area contributed by atoms with Crippen molar-refractivity contribution in [2.75, 3.05) is 0 Å². The van der Waals surface area contributed by atoms with E-state index in [-0.39, 0.29) is 6.42 Å². The first-order valence-corrected chi connectivity index (χ1v) is 6.68. The van der Waals surface area contributed by atoms with E-state index in [2.05, 4.69) is 20.1 Å². The normalized spacial score (nSPS) is 9.50. The van der Waals surface area contributed by atoms with Crippen LogP contribution in [0.1, 0.15) is 13.3 Å². The molecule has 0 aromatic heterocycles. The van der Waals surface area contributed by atoms with Crippen LogP contribution in [0.2, 0.25) is 0 Å². The van der Waals surface area contributed by atoms with E-state index in [0.717, 1.165) is 0 Å². The Bertz CT molecular complexity index is 177. The van der Waals surface area contributed by atoms with Gasteiger partial charge in [0, 0.05) is 6.42 Å². The summed E-state index contributed by atoms with van der Waals surface area (Å²) in [6.45, 7) is 1.60. The molecule has 0 unspecified atom stereocenters. The van der Waals surface area contributed by atoms with E-state index in [0.29, 0.717) is 0 Å². The van der Waals surface area contributed by atoms with Gasteiger partial charge in [-0.15, -0.1) is 0 Å². The zero-order valence-corrected chi connectivity index (χ0v) is 7.83. The maximum atomic E-state index is 9.37. The van der Waals surface area contributed by atoms with Gasteiger partial charge in [-0.05, 0) is 0 Å². The summed E-state index contributed by atoms with van der Waals surface area (Å²) in [7, 11) is 8.68. The van der Waals surface area contributed by atoms with E-state index in [1.54, 1.807) is 6.92 Å². The topological polar surface area (TPSA) is 71.4 Å². The maximum absolute atomic E-state index is 9.37. The number of carboxylic acids is 1. The molecule has 0 aliphatic carbocycles. The molecule has 0 atom stereocenters. The van der Waals surface area contributed by atoms with Gasteiger partial charge in [-0.2, -0.15) is 0 Å². The van der Waals surface area contributed by atoms with Crippen LogP contribution in [0.25, 0.3) is 0 Å². The average Bonchev–Trinajstić information content (AvgIpc) is 1.61. The predicted octanol–water partition coefficient (Wildman–Crippen LogP) is 1.62. The van der Waals surface area contributed by atoms with Crippen LogP contribution in [0.5, 0.6) is 0 Å². The van der Waals surface area contributed by atoms with Crippen LogP contribution in [-0.2, 0) is 23.5 Å². The number of halogens is 2. The zero-order chi connectivity index (χ0) is 8.78. The summed E-state index contributed by atoms with van der Waals surface area (Å²) in [4.78, 5) is 9.37. The first-order chi connectivity index (χ1) is 4.27. The third-order valence-corrected chi connectivity index (χ3v) is 0.302. The van der Waals surface area contributed by atoms with Gasteiger partial charge in [0.1, 0.15) is 0 Å². The second-order valence-electron chi connectivity index (χ2n) is 1.13. The van der Waals surface area contributed by atoms with Crippen LogP contribution in [0.15, 0.2) is 0 Å². The van der Waals surface area contributed by atoms with E-state index in [9.17, 15) is 12.4 Å². The van der Waals surface area contributed by atoms with E-state index in [1.165, 1.54) is 0 Å². The van der Waals surface area contributed by atoms with Gasteiger partial charge >= 0.3 is 44.8 Å². The molecular formula is C3H6Cl2CrO4. The number of aliphatic carboxylic acids is 1. The molecule has 1 N–H and O–H groups in total. The summed E-state index contributed by atoms with van der Waals surface area (Å²) >= 11 is -4.31. The summed E-state index contributed by atoms with van der Waals surface area (Å²) in [6.07, 6.45) is 0.222. The molecule has 0 radical (unpaired) electrons. The van der Waals surface area contributed by atoms with Gasteiger partial charge in [-0.3, -0.25) is 4.79 Å². The Morgan fingerprint density at radius 3 is 1.60 bits per heavy atom. The van der Waals surface area contributed by atoms with Crippen molar-refractivity contribution in [3.8, 4) is 0 Å². The number of rotatable bonds is 1. The molecule has 0 bridgehead atoms. The minimum atomic E-state index is -4.31. The van der Waals surface area contributed by atoms with Gasteiger partial charge < -0.3 is 5.11 Å². The summed E-state index contributed by atoms with van der Waals surface area (Å²) in [5.74, 6) is -0.745. The second kappa shape index (κ2) is 5.93. The molecule has 4 nitrogen and oxygen atoms in total. The Labute approximate surface area is 68.2 Å². The quantitative estimate of drug-likeness (QED) is 0.741. The Morgan fingerprint density at radius 1 is 1.50 bits per heavy atom. The molecule has 0 rings (SSSR count). The van der Waals surface area contributed by atoms with Crippen LogP contribution in [-0.4, -0.2) is 11.1 Å². The van der Waals surface area contributed by atoms with Crippen molar-refractivity contribution >= 4 is 26.1 Å². The molecule has 0 heterocycles. The van der Waals surface area contributed by atoms with Crippen molar-refractivity contribution in [1.82, 2.24) is 0 Å². The average molecular weight is 229 g/mol. The van der Waals surface area contributed by atoms with Crippen molar-refractivity contribution in [3.05, 3.63) is 0 Å². The standard InChI is InChI=1S/C3H6O2.2ClH.Cr.2O/c1-2-3(4)5;;;;;/h2H2,1H3,(H,4,5);2*1H;;;/q;;;+2;;/p-2.